The quantitative estimate of drug-likeness (QED) is 0.632. The van der Waals surface area contributed by atoms with Crippen LogP contribution in [0.5, 0.6) is 0 Å². The largest absolute Gasteiger partial charge is 0.398 e. The fraction of sp³-hybridized carbons (Fsp3) is 0. The van der Waals surface area contributed by atoms with Crippen LogP contribution in [-0.2, 0) is 0 Å². The summed E-state index contributed by atoms with van der Waals surface area (Å²) in [6, 6.07) is 18.0. The van der Waals surface area contributed by atoms with E-state index in [2.05, 4.69) is 18.7 Å². The van der Waals surface area contributed by atoms with Crippen molar-refractivity contribution in [1.82, 2.24) is 0 Å². The van der Waals surface area contributed by atoms with Crippen molar-refractivity contribution < 1.29 is 0 Å². The lowest BCUT2D eigenvalue weighted by Gasteiger charge is -2.08. The van der Waals surface area contributed by atoms with E-state index in [1.807, 2.05) is 42.5 Å². The number of nitrogens with two attached hydrogens (primary N) is 1. The van der Waals surface area contributed by atoms with Gasteiger partial charge in [0.05, 0.1) is 0 Å². The molecule has 0 saturated carbocycles. The average molecular weight is 227 g/mol. The van der Waals surface area contributed by atoms with E-state index >= 15 is 0 Å². The van der Waals surface area contributed by atoms with Crippen LogP contribution in [0.4, 0.5) is 5.69 Å². The topological polar surface area (TPSA) is 26.0 Å². The third-order valence-electron chi connectivity index (χ3n) is 2.25. The van der Waals surface area contributed by atoms with Crippen LogP contribution in [-0.4, -0.2) is 0 Å². The van der Waals surface area contributed by atoms with Gasteiger partial charge in [-0.15, -0.1) is 0 Å². The molecule has 0 unspecified atom stereocenters. The van der Waals surface area contributed by atoms with E-state index in [-0.39, 0.29) is 0 Å². The molecule has 0 amide bonds. The molecule has 0 bridgehead atoms. The van der Waals surface area contributed by atoms with Crippen molar-refractivity contribution in [1.29, 1.82) is 0 Å². The summed E-state index contributed by atoms with van der Waals surface area (Å²) < 4.78 is 0. The monoisotopic (exact) mass is 227 g/mol. The van der Waals surface area contributed by atoms with Gasteiger partial charge in [-0.2, -0.15) is 0 Å². The van der Waals surface area contributed by atoms with E-state index in [4.69, 9.17) is 5.73 Å². The van der Waals surface area contributed by atoms with E-state index in [1.54, 1.807) is 11.8 Å². The summed E-state index contributed by atoms with van der Waals surface area (Å²) in [4.78, 5) is 2.15. The first-order valence-electron chi connectivity index (χ1n) is 5.04. The van der Waals surface area contributed by atoms with Gasteiger partial charge in [-0.3, -0.25) is 0 Å². The minimum Gasteiger partial charge on any atom is -0.398 e. The number of thioether (sulfide) groups is 1. The van der Waals surface area contributed by atoms with Crippen molar-refractivity contribution in [3.63, 3.8) is 0 Å². The fourth-order valence-corrected chi connectivity index (χ4v) is 2.31. The Morgan fingerprint density at radius 3 is 2.25 bits per heavy atom. The van der Waals surface area contributed by atoms with Gasteiger partial charge in [-0.05, 0) is 18.2 Å². The van der Waals surface area contributed by atoms with Gasteiger partial charge in [0.2, 0.25) is 0 Å². The standard InChI is InChI=1S/C14H13NS/c1-11(13-9-5-6-10-14(13)15)16-12-7-3-2-4-8-12/h2-10H,1,15H2. The second-order valence-electron chi connectivity index (χ2n) is 3.43. The minimum absolute atomic E-state index is 0.774. The van der Waals surface area contributed by atoms with Gasteiger partial charge in [-0.25, -0.2) is 0 Å². The van der Waals surface area contributed by atoms with Gasteiger partial charge < -0.3 is 5.73 Å². The van der Waals surface area contributed by atoms with Crippen molar-refractivity contribution in [2.24, 2.45) is 0 Å². The van der Waals surface area contributed by atoms with E-state index in [9.17, 15) is 0 Å². The van der Waals surface area contributed by atoms with Crippen LogP contribution >= 0.6 is 11.8 Å². The second-order valence-corrected chi connectivity index (χ2v) is 4.59. The summed E-state index contributed by atoms with van der Waals surface area (Å²) in [7, 11) is 0. The highest BCUT2D eigenvalue weighted by Crippen LogP contribution is 2.34. The molecule has 2 aromatic rings. The summed E-state index contributed by atoms with van der Waals surface area (Å²) in [5, 5.41) is 0. The van der Waals surface area contributed by atoms with E-state index in [1.165, 1.54) is 4.90 Å². The molecule has 0 saturated heterocycles. The highest BCUT2D eigenvalue weighted by atomic mass is 32.2. The van der Waals surface area contributed by atoms with E-state index in [0.717, 1.165) is 16.2 Å². The molecule has 1 nitrogen and oxygen atoms in total. The number of para-hydroxylation sites is 1. The molecule has 0 radical (unpaired) electrons. The molecule has 16 heavy (non-hydrogen) atoms. The first kappa shape index (κ1) is 10.8. The van der Waals surface area contributed by atoms with Crippen LogP contribution in [0, 0.1) is 0 Å². The Balaban J connectivity index is 2.19. The van der Waals surface area contributed by atoms with Gasteiger partial charge >= 0.3 is 0 Å². The number of benzene rings is 2. The Labute approximate surface area is 100.0 Å². The Kier molecular flexibility index (Phi) is 3.32. The molecule has 0 atom stereocenters. The van der Waals surface area contributed by atoms with E-state index in [0.29, 0.717) is 0 Å². The molecule has 0 spiro atoms. The van der Waals surface area contributed by atoms with Crippen LogP contribution < -0.4 is 5.73 Å². The molecule has 0 fully saturated rings. The third-order valence-corrected chi connectivity index (χ3v) is 3.22. The summed E-state index contributed by atoms with van der Waals surface area (Å²) >= 11 is 1.64. The predicted octanol–water partition coefficient (Wildman–Crippen LogP) is 4.03. The van der Waals surface area contributed by atoms with Crippen molar-refractivity contribution in [3.05, 3.63) is 66.7 Å². The minimum atomic E-state index is 0.774. The molecule has 0 aliphatic heterocycles. The first-order chi connectivity index (χ1) is 7.77. The zero-order valence-electron chi connectivity index (χ0n) is 8.89. The van der Waals surface area contributed by atoms with Crippen molar-refractivity contribution in [2.75, 3.05) is 5.73 Å². The lowest BCUT2D eigenvalue weighted by molar-refractivity contribution is 1.47. The number of hydrogen-bond donors (Lipinski definition) is 1. The van der Waals surface area contributed by atoms with Crippen LogP contribution in [0.25, 0.3) is 4.91 Å². The van der Waals surface area contributed by atoms with Crippen LogP contribution in [0.2, 0.25) is 0 Å². The van der Waals surface area contributed by atoms with E-state index < -0.39 is 0 Å². The highest BCUT2D eigenvalue weighted by Gasteiger charge is 2.04. The number of hydrogen-bond acceptors (Lipinski definition) is 2. The Hall–Kier alpha value is -1.67. The highest BCUT2D eigenvalue weighted by molar-refractivity contribution is 8.08. The molecule has 0 aliphatic rings. The number of nitrogen functional groups attached to an aromatic ring is 1. The Morgan fingerprint density at radius 1 is 0.938 bits per heavy atom. The van der Waals surface area contributed by atoms with Gasteiger partial charge in [0, 0.05) is 21.1 Å². The molecule has 0 aromatic heterocycles. The maximum Gasteiger partial charge on any atom is 0.0398 e. The zero-order chi connectivity index (χ0) is 11.4. The fourth-order valence-electron chi connectivity index (χ4n) is 1.44. The average Bonchev–Trinajstić information content (AvgIpc) is 2.31. The van der Waals surface area contributed by atoms with Gasteiger partial charge in [0.1, 0.15) is 0 Å². The molecule has 2 aromatic carbocycles. The van der Waals surface area contributed by atoms with Crippen molar-refractivity contribution in [2.45, 2.75) is 4.90 Å². The van der Waals surface area contributed by atoms with Gasteiger partial charge in [0.25, 0.3) is 0 Å². The summed E-state index contributed by atoms with van der Waals surface area (Å²) in [6.45, 7) is 4.06. The normalized spacial score (nSPS) is 10.0. The first-order valence-corrected chi connectivity index (χ1v) is 5.86. The molecule has 80 valence electrons. The molecule has 2 heteroatoms. The summed E-state index contributed by atoms with van der Waals surface area (Å²) in [6.07, 6.45) is 0. The summed E-state index contributed by atoms with van der Waals surface area (Å²) in [5.74, 6) is 0. The van der Waals surface area contributed by atoms with Crippen LogP contribution in [0.1, 0.15) is 5.56 Å². The molecule has 0 aliphatic carbocycles. The van der Waals surface area contributed by atoms with Gasteiger partial charge in [-0.1, -0.05) is 54.7 Å². The maximum absolute atomic E-state index is 5.90. The molecular formula is C14H13NS. The Morgan fingerprint density at radius 2 is 1.56 bits per heavy atom. The maximum atomic E-state index is 5.90. The van der Waals surface area contributed by atoms with Crippen LogP contribution in [0.3, 0.4) is 0 Å². The number of rotatable bonds is 3. The smallest absolute Gasteiger partial charge is 0.0398 e. The predicted molar refractivity (Wildman–Crippen MR) is 72.2 cm³/mol. The molecular weight excluding hydrogens is 214 g/mol. The van der Waals surface area contributed by atoms with Gasteiger partial charge in [0.15, 0.2) is 0 Å². The number of anilines is 1. The summed E-state index contributed by atoms with van der Waals surface area (Å²) in [5.41, 5.74) is 7.69. The zero-order valence-corrected chi connectivity index (χ0v) is 9.71. The Bertz CT molecular complexity index is 491. The SMILES string of the molecule is C=C(Sc1ccccc1)c1ccccc1N. The lowest BCUT2D eigenvalue weighted by atomic mass is 10.2. The second kappa shape index (κ2) is 4.90. The molecule has 2 N–H and O–H groups in total. The lowest BCUT2D eigenvalue weighted by Crippen LogP contribution is -1.90. The molecule has 0 heterocycles. The van der Waals surface area contributed by atoms with Crippen molar-refractivity contribution >= 4 is 22.4 Å². The molecule has 2 rings (SSSR count). The van der Waals surface area contributed by atoms with Crippen molar-refractivity contribution in [3.8, 4) is 0 Å². The van der Waals surface area contributed by atoms with Crippen LogP contribution in [0.15, 0.2) is 66.1 Å². The third kappa shape index (κ3) is 2.47.